The molecule has 3 nitrogen and oxygen atoms in total. The van der Waals surface area contributed by atoms with Crippen LogP contribution in [0.2, 0.25) is 0 Å². The molecule has 0 bridgehead atoms. The predicted molar refractivity (Wildman–Crippen MR) is 171 cm³/mol. The van der Waals surface area contributed by atoms with Crippen LogP contribution in [0.25, 0.3) is 0 Å². The van der Waals surface area contributed by atoms with Gasteiger partial charge in [-0.15, -0.1) is 0 Å². The first kappa shape index (κ1) is 27.3. The second-order valence-electron chi connectivity index (χ2n) is 11.4. The lowest BCUT2D eigenvalue weighted by Gasteiger charge is -2.35. The van der Waals surface area contributed by atoms with Crippen molar-refractivity contribution < 1.29 is 5.11 Å². The largest absolute Gasteiger partial charge is 0.508 e. The zero-order valence-corrected chi connectivity index (χ0v) is 24.8. The Morgan fingerprint density at radius 1 is 0.650 bits per heavy atom. The van der Waals surface area contributed by atoms with Gasteiger partial charge < -0.3 is 14.9 Å². The fourth-order valence-corrected chi connectivity index (χ4v) is 5.63. The predicted octanol–water partition coefficient (Wildman–Crippen LogP) is 10.4. The van der Waals surface area contributed by atoms with Gasteiger partial charge in [-0.05, 0) is 118 Å². The van der Waals surface area contributed by atoms with Gasteiger partial charge >= 0.3 is 0 Å². The minimum Gasteiger partial charge on any atom is -0.508 e. The van der Waals surface area contributed by atoms with Crippen LogP contribution >= 0.6 is 0 Å². The van der Waals surface area contributed by atoms with E-state index in [4.69, 9.17) is 0 Å². The highest BCUT2D eigenvalue weighted by atomic mass is 16.3. The number of benzene rings is 4. The van der Waals surface area contributed by atoms with Gasteiger partial charge in [0.1, 0.15) is 5.75 Å². The Balaban J connectivity index is 1.80. The highest BCUT2D eigenvalue weighted by molar-refractivity contribution is 5.87. The summed E-state index contributed by atoms with van der Waals surface area (Å²) in [6.45, 7) is 15.2. The molecule has 0 radical (unpaired) electrons. The highest BCUT2D eigenvalue weighted by Gasteiger charge is 2.26. The molecule has 1 N–H and O–H groups in total. The maximum absolute atomic E-state index is 11.3. The van der Waals surface area contributed by atoms with Crippen molar-refractivity contribution in [2.75, 3.05) is 9.80 Å². The van der Waals surface area contributed by atoms with Crippen molar-refractivity contribution in [3.8, 4) is 5.75 Å². The zero-order chi connectivity index (χ0) is 28.6. The number of aryl methyl sites for hydroxylation is 4. The molecule has 1 aliphatic rings. The van der Waals surface area contributed by atoms with Crippen molar-refractivity contribution >= 4 is 28.4 Å². The molecule has 0 aromatic heterocycles. The average molecular weight is 529 g/mol. The van der Waals surface area contributed by atoms with Gasteiger partial charge in [-0.2, -0.15) is 0 Å². The first-order chi connectivity index (χ1) is 19.1. The molecule has 0 heterocycles. The maximum Gasteiger partial charge on any atom is 0.119 e. The quantitative estimate of drug-likeness (QED) is 0.270. The fourth-order valence-electron chi connectivity index (χ4n) is 5.63. The van der Waals surface area contributed by atoms with E-state index in [-0.39, 0.29) is 5.75 Å². The molecule has 3 heteroatoms. The summed E-state index contributed by atoms with van der Waals surface area (Å²) >= 11 is 0. The molecule has 4 aromatic carbocycles. The third-order valence-electron chi connectivity index (χ3n) is 7.83. The molecule has 1 atom stereocenters. The van der Waals surface area contributed by atoms with Gasteiger partial charge in [0.15, 0.2) is 0 Å². The Bertz CT molecular complexity index is 1630. The number of nitrogens with zero attached hydrogens (tertiary/aromatic N) is 2. The van der Waals surface area contributed by atoms with E-state index in [1.807, 2.05) is 12.1 Å². The van der Waals surface area contributed by atoms with E-state index in [9.17, 15) is 5.11 Å². The number of hydrogen-bond donors (Lipinski definition) is 1. The summed E-state index contributed by atoms with van der Waals surface area (Å²) in [5.74, 6) is 0.670. The molecule has 40 heavy (non-hydrogen) atoms. The monoisotopic (exact) mass is 528 g/mol. The van der Waals surface area contributed by atoms with Crippen molar-refractivity contribution in [1.29, 1.82) is 0 Å². The summed E-state index contributed by atoms with van der Waals surface area (Å²) in [5.41, 5.74) is 13.4. The summed E-state index contributed by atoms with van der Waals surface area (Å²) in [6, 6.07) is 27.6. The molecule has 0 saturated heterocycles. The van der Waals surface area contributed by atoms with Crippen molar-refractivity contribution in [2.24, 2.45) is 5.92 Å². The third-order valence-corrected chi connectivity index (χ3v) is 7.83. The Kier molecular flexibility index (Phi) is 7.58. The molecule has 0 aliphatic heterocycles. The molecule has 204 valence electrons. The van der Waals surface area contributed by atoms with Crippen molar-refractivity contribution in [3.05, 3.63) is 130 Å². The number of allylic oxidation sites excluding steroid dienone is 3. The van der Waals surface area contributed by atoms with Gasteiger partial charge in [-0.3, -0.25) is 0 Å². The minimum absolute atomic E-state index is 0.238. The van der Waals surface area contributed by atoms with Crippen LogP contribution in [-0.4, -0.2) is 5.11 Å². The number of anilines is 5. The van der Waals surface area contributed by atoms with Crippen LogP contribution < -0.4 is 9.80 Å². The number of aromatic hydroxyl groups is 1. The van der Waals surface area contributed by atoms with E-state index < -0.39 is 0 Å². The molecule has 0 saturated carbocycles. The fraction of sp³-hybridized carbons (Fsp3) is 0.243. The van der Waals surface area contributed by atoms with Crippen LogP contribution in [0.4, 0.5) is 28.4 Å². The molecule has 0 amide bonds. The highest BCUT2D eigenvalue weighted by Crippen LogP contribution is 2.46. The standard InChI is InChI=1S/C37H40N2O/c1-24-10-8-12-31(18-24)38(34-20-26(3)14-16-28(34)5)36-22-33(40)23-37(30(36)7)39(32-13-9-11-25(2)19-32)35-21-27(4)15-17-29(35)6/h8-14,16-23,27,40H,15H2,1-7H3. The van der Waals surface area contributed by atoms with E-state index >= 15 is 0 Å². The van der Waals surface area contributed by atoms with Gasteiger partial charge in [-0.1, -0.05) is 55.5 Å². The normalized spacial score (nSPS) is 14.9. The van der Waals surface area contributed by atoms with Crippen LogP contribution in [-0.2, 0) is 0 Å². The summed E-state index contributed by atoms with van der Waals surface area (Å²) in [5, 5.41) is 11.3. The van der Waals surface area contributed by atoms with Gasteiger partial charge in [-0.25, -0.2) is 0 Å². The molecule has 0 fully saturated rings. The van der Waals surface area contributed by atoms with Gasteiger partial charge in [0, 0.05) is 34.9 Å². The average Bonchev–Trinajstić information content (AvgIpc) is 2.91. The van der Waals surface area contributed by atoms with E-state index in [2.05, 4.69) is 137 Å². The molecule has 1 aliphatic carbocycles. The van der Waals surface area contributed by atoms with Crippen LogP contribution in [0.5, 0.6) is 5.75 Å². The number of phenolic OH excluding ortho intramolecular Hbond substituents is 1. The lowest BCUT2D eigenvalue weighted by molar-refractivity contribution is 0.475. The Labute approximate surface area is 239 Å². The van der Waals surface area contributed by atoms with Crippen LogP contribution in [0.1, 0.15) is 48.1 Å². The van der Waals surface area contributed by atoms with Crippen molar-refractivity contribution in [1.82, 2.24) is 0 Å². The number of hydrogen-bond acceptors (Lipinski definition) is 3. The lowest BCUT2D eigenvalue weighted by atomic mass is 9.94. The smallest absolute Gasteiger partial charge is 0.119 e. The Morgan fingerprint density at radius 3 is 1.85 bits per heavy atom. The minimum atomic E-state index is 0.238. The first-order valence-corrected chi connectivity index (χ1v) is 14.2. The Hall–Kier alpha value is -4.24. The van der Waals surface area contributed by atoms with E-state index in [1.165, 1.54) is 27.8 Å². The first-order valence-electron chi connectivity index (χ1n) is 14.2. The van der Waals surface area contributed by atoms with Crippen molar-refractivity contribution in [2.45, 2.75) is 54.9 Å². The van der Waals surface area contributed by atoms with E-state index in [1.54, 1.807) is 0 Å². The zero-order valence-electron chi connectivity index (χ0n) is 24.8. The van der Waals surface area contributed by atoms with Gasteiger partial charge in [0.25, 0.3) is 0 Å². The maximum atomic E-state index is 11.3. The van der Waals surface area contributed by atoms with Crippen LogP contribution in [0, 0.1) is 40.5 Å². The molecule has 0 spiro atoms. The van der Waals surface area contributed by atoms with E-state index in [0.29, 0.717) is 5.92 Å². The third kappa shape index (κ3) is 5.42. The molecular weight excluding hydrogens is 488 g/mol. The summed E-state index contributed by atoms with van der Waals surface area (Å²) < 4.78 is 0. The van der Waals surface area contributed by atoms with Gasteiger partial charge in [0.2, 0.25) is 0 Å². The summed E-state index contributed by atoms with van der Waals surface area (Å²) in [7, 11) is 0. The molecule has 5 rings (SSSR count). The van der Waals surface area contributed by atoms with Gasteiger partial charge in [0.05, 0.1) is 11.4 Å². The second kappa shape index (κ2) is 11.1. The van der Waals surface area contributed by atoms with E-state index in [0.717, 1.165) is 46.1 Å². The SMILES string of the molecule is CC1=CCC(C)C=C1N(c1cccc(C)c1)c1cc(O)cc(N(c2cccc(C)c2)c2cc(C)ccc2C)c1C. The topological polar surface area (TPSA) is 26.7 Å². The number of rotatable bonds is 6. The molecular formula is C37H40N2O. The van der Waals surface area contributed by atoms with Crippen molar-refractivity contribution in [3.63, 3.8) is 0 Å². The summed E-state index contributed by atoms with van der Waals surface area (Å²) in [4.78, 5) is 4.62. The summed E-state index contributed by atoms with van der Waals surface area (Å²) in [6.07, 6.45) is 5.73. The second-order valence-corrected chi connectivity index (χ2v) is 11.4. The molecule has 1 unspecified atom stereocenters. The molecule has 4 aromatic rings. The van der Waals surface area contributed by atoms with Crippen LogP contribution in [0.15, 0.2) is 102 Å². The number of phenols is 1. The Morgan fingerprint density at radius 2 is 1.23 bits per heavy atom. The van der Waals surface area contributed by atoms with Crippen LogP contribution in [0.3, 0.4) is 0 Å². The lowest BCUT2D eigenvalue weighted by Crippen LogP contribution is -2.22.